The zero-order chi connectivity index (χ0) is 21.4. The maximum atomic E-state index is 13.0. The van der Waals surface area contributed by atoms with E-state index in [0.717, 1.165) is 38.0 Å². The minimum absolute atomic E-state index is 0.208. The van der Waals surface area contributed by atoms with Gasteiger partial charge < -0.3 is 5.32 Å². The van der Waals surface area contributed by atoms with E-state index in [9.17, 15) is 4.79 Å². The van der Waals surface area contributed by atoms with Crippen LogP contribution in [0.4, 0.5) is 0 Å². The van der Waals surface area contributed by atoms with Gasteiger partial charge >= 0.3 is 0 Å². The second-order valence-corrected chi connectivity index (χ2v) is 8.89. The molecule has 1 amide bonds. The van der Waals surface area contributed by atoms with Crippen molar-refractivity contribution in [1.82, 2.24) is 10.3 Å². The molecule has 1 atom stereocenters. The van der Waals surface area contributed by atoms with E-state index in [0.29, 0.717) is 10.6 Å². The molecule has 0 radical (unpaired) electrons. The molecule has 0 saturated heterocycles. The lowest BCUT2D eigenvalue weighted by Crippen LogP contribution is -2.27. The Morgan fingerprint density at radius 1 is 0.935 bits per heavy atom. The zero-order valence-corrected chi connectivity index (χ0v) is 18.2. The molecule has 2 heterocycles. The van der Waals surface area contributed by atoms with E-state index in [-0.39, 0.29) is 5.91 Å². The highest BCUT2D eigenvalue weighted by Crippen LogP contribution is 2.39. The van der Waals surface area contributed by atoms with Crippen LogP contribution in [-0.2, 0) is 0 Å². The summed E-state index contributed by atoms with van der Waals surface area (Å²) in [7, 11) is 0. The Morgan fingerprint density at radius 3 is 2.35 bits per heavy atom. The lowest BCUT2D eigenvalue weighted by Gasteiger charge is -2.15. The third kappa shape index (κ3) is 3.78. The van der Waals surface area contributed by atoms with E-state index in [1.807, 2.05) is 49.4 Å². The molecule has 0 saturated carbocycles. The van der Waals surface area contributed by atoms with Crippen LogP contribution in [0, 0.1) is 6.92 Å². The van der Waals surface area contributed by atoms with Gasteiger partial charge in [0.1, 0.15) is 0 Å². The first-order chi connectivity index (χ1) is 15.1. The number of carbonyl (C=O) groups excluding carboxylic acids is 1. The maximum absolute atomic E-state index is 13.0. The van der Waals surface area contributed by atoms with Crippen molar-refractivity contribution in [3.63, 3.8) is 0 Å². The van der Waals surface area contributed by atoms with Gasteiger partial charge in [0.25, 0.3) is 5.91 Å². The van der Waals surface area contributed by atoms with Crippen LogP contribution in [0.25, 0.3) is 11.3 Å². The molecule has 1 aliphatic heterocycles. The number of nitrogens with zero attached hydrogens (tertiary/aromatic N) is 2. The average molecular weight is 444 g/mol. The van der Waals surface area contributed by atoms with Gasteiger partial charge in [-0.15, -0.1) is 11.3 Å². The van der Waals surface area contributed by atoms with Crippen molar-refractivity contribution in [2.45, 2.75) is 13.1 Å². The van der Waals surface area contributed by atoms with E-state index in [2.05, 4.69) is 17.4 Å². The van der Waals surface area contributed by atoms with E-state index in [1.165, 1.54) is 0 Å². The second-order valence-electron chi connectivity index (χ2n) is 7.22. The van der Waals surface area contributed by atoms with E-state index in [1.54, 1.807) is 35.6 Å². The summed E-state index contributed by atoms with van der Waals surface area (Å²) in [6, 6.07) is 25.0. The van der Waals surface area contributed by atoms with Gasteiger partial charge in [0.2, 0.25) is 0 Å². The molecule has 4 aromatic rings. The minimum atomic E-state index is -0.549. The largest absolute Gasteiger partial charge is 0.326 e. The average Bonchev–Trinajstić information content (AvgIpc) is 3.14. The summed E-state index contributed by atoms with van der Waals surface area (Å²) in [6.45, 7) is 1.97. The van der Waals surface area contributed by atoms with Gasteiger partial charge in [0, 0.05) is 27.3 Å². The van der Waals surface area contributed by atoms with Gasteiger partial charge in [-0.1, -0.05) is 66.2 Å². The summed E-state index contributed by atoms with van der Waals surface area (Å²) in [5.41, 5.74) is 5.25. The summed E-state index contributed by atoms with van der Waals surface area (Å²) in [5.74, 6) is -0.208. The zero-order valence-electron chi connectivity index (χ0n) is 16.7. The van der Waals surface area contributed by atoms with Crippen molar-refractivity contribution in [3.05, 3.63) is 110 Å². The Morgan fingerprint density at radius 2 is 1.61 bits per heavy atom. The molecule has 6 heteroatoms. The summed E-state index contributed by atoms with van der Waals surface area (Å²) < 4.78 is 0. The predicted molar refractivity (Wildman–Crippen MR) is 126 cm³/mol. The fourth-order valence-electron chi connectivity index (χ4n) is 3.71. The van der Waals surface area contributed by atoms with Crippen LogP contribution in [0.2, 0.25) is 5.02 Å². The summed E-state index contributed by atoms with van der Waals surface area (Å²) in [4.78, 5) is 23.8. The highest BCUT2D eigenvalue weighted by Gasteiger charge is 2.29. The van der Waals surface area contributed by atoms with Crippen molar-refractivity contribution < 1.29 is 4.79 Å². The molecule has 0 spiro atoms. The number of nitrogens with one attached hydrogen (secondary N) is 1. The van der Waals surface area contributed by atoms with Crippen LogP contribution >= 0.6 is 22.9 Å². The summed E-state index contributed by atoms with van der Waals surface area (Å²) in [5, 5.41) is 4.62. The van der Waals surface area contributed by atoms with Crippen molar-refractivity contribution >= 4 is 34.6 Å². The first kappa shape index (κ1) is 19.7. The molecule has 5 rings (SSSR count). The number of hydrogen-bond donors (Lipinski definition) is 1. The number of aromatic nitrogens is 1. The van der Waals surface area contributed by atoms with E-state index >= 15 is 0 Å². The predicted octanol–water partition coefficient (Wildman–Crippen LogP) is 6.05. The molecule has 152 valence electrons. The fourth-order valence-corrected chi connectivity index (χ4v) is 4.76. The third-order valence-corrected chi connectivity index (χ3v) is 6.40. The normalized spacial score (nSPS) is 14.8. The molecule has 1 aromatic heterocycles. The van der Waals surface area contributed by atoms with Crippen LogP contribution in [-0.4, -0.2) is 16.6 Å². The van der Waals surface area contributed by atoms with Crippen LogP contribution in [0.3, 0.4) is 0 Å². The Balaban J connectivity index is 1.65. The van der Waals surface area contributed by atoms with Crippen LogP contribution < -0.4 is 5.32 Å². The standard InChI is InChI=1S/C25H18ClN3OS/c1-15-27-22-20-10-6-5-9-19(20)21(16-7-3-2-4-8-16)28-24(23(22)31-15)29-25(30)17-11-13-18(26)14-12-17/h2-14,24H,1H3,(H,29,30)/t24-/m1/s1. The molecule has 31 heavy (non-hydrogen) atoms. The lowest BCUT2D eigenvalue weighted by molar-refractivity contribution is 0.0939. The van der Waals surface area contributed by atoms with Crippen LogP contribution in [0.15, 0.2) is 83.9 Å². The highest BCUT2D eigenvalue weighted by atomic mass is 35.5. The minimum Gasteiger partial charge on any atom is -0.326 e. The number of hydrogen-bond acceptors (Lipinski definition) is 4. The van der Waals surface area contributed by atoms with E-state index < -0.39 is 6.17 Å². The topological polar surface area (TPSA) is 54.4 Å². The molecule has 0 aliphatic carbocycles. The smallest absolute Gasteiger partial charge is 0.253 e. The molecular weight excluding hydrogens is 426 g/mol. The highest BCUT2D eigenvalue weighted by molar-refractivity contribution is 7.12. The fraction of sp³-hybridized carbons (Fsp3) is 0.0800. The number of aliphatic imine (C=N–C) groups is 1. The van der Waals surface area contributed by atoms with Crippen molar-refractivity contribution in [3.8, 4) is 11.3 Å². The number of aryl methyl sites for hydroxylation is 1. The van der Waals surface area contributed by atoms with E-state index in [4.69, 9.17) is 21.6 Å². The van der Waals surface area contributed by atoms with Gasteiger partial charge in [0.15, 0.2) is 6.17 Å². The number of halogens is 1. The lowest BCUT2D eigenvalue weighted by atomic mass is 9.96. The van der Waals surface area contributed by atoms with Gasteiger partial charge in [-0.25, -0.2) is 4.98 Å². The Bertz CT molecular complexity index is 1300. The maximum Gasteiger partial charge on any atom is 0.253 e. The quantitative estimate of drug-likeness (QED) is 0.419. The van der Waals surface area contributed by atoms with Crippen molar-refractivity contribution in [1.29, 1.82) is 0 Å². The molecular formula is C25H18ClN3OS. The number of carbonyl (C=O) groups is 1. The SMILES string of the molecule is Cc1nc2c(s1)[C@@H](NC(=O)c1ccc(Cl)cc1)N=C(c1ccccc1)c1ccccc1-2. The molecule has 3 aromatic carbocycles. The Labute approximate surface area is 189 Å². The third-order valence-electron chi connectivity index (χ3n) is 5.13. The monoisotopic (exact) mass is 443 g/mol. The number of rotatable bonds is 3. The Hall–Kier alpha value is -3.28. The first-order valence-electron chi connectivity index (χ1n) is 9.87. The van der Waals surface area contributed by atoms with Crippen LogP contribution in [0.5, 0.6) is 0 Å². The van der Waals surface area contributed by atoms with Gasteiger partial charge in [-0.05, 0) is 31.2 Å². The summed E-state index contributed by atoms with van der Waals surface area (Å²) >= 11 is 7.54. The molecule has 4 nitrogen and oxygen atoms in total. The number of amides is 1. The van der Waals surface area contributed by atoms with Crippen molar-refractivity contribution in [2.75, 3.05) is 0 Å². The second kappa shape index (κ2) is 8.10. The number of thiazole rings is 1. The number of fused-ring (bicyclic) bond motifs is 3. The molecule has 0 fully saturated rings. The van der Waals surface area contributed by atoms with Crippen molar-refractivity contribution in [2.24, 2.45) is 4.99 Å². The molecule has 1 aliphatic rings. The molecule has 0 bridgehead atoms. The Kier molecular flexibility index (Phi) is 5.14. The van der Waals surface area contributed by atoms with Crippen LogP contribution in [0.1, 0.15) is 37.5 Å². The van der Waals surface area contributed by atoms with Gasteiger partial charge in [-0.2, -0.15) is 0 Å². The molecule has 0 unspecified atom stereocenters. The first-order valence-corrected chi connectivity index (χ1v) is 11.1. The summed E-state index contributed by atoms with van der Waals surface area (Å²) in [6.07, 6.45) is -0.549. The van der Waals surface area contributed by atoms with Gasteiger partial charge in [0.05, 0.1) is 21.3 Å². The molecule has 1 N–H and O–H groups in total. The van der Waals surface area contributed by atoms with Gasteiger partial charge in [-0.3, -0.25) is 9.79 Å². The number of benzene rings is 3.